The molecule has 1 fully saturated rings. The van der Waals surface area contributed by atoms with Crippen molar-refractivity contribution in [3.8, 4) is 0 Å². The van der Waals surface area contributed by atoms with Gasteiger partial charge in [0.25, 0.3) is 0 Å². The minimum atomic E-state index is -1.90. The standard InChI is InChI=1S/C26H43NO3S2Si/c1-18(2)33(19(3)4,20(5)6)30-15-11-14-24(28)21(7)25(29)27-23(17-32-26(27)31)16-22-12-9-8-10-13-22/h8-10,12-13,18-21,23-24,28H,11,14-17H2,1-7H3/t21-,23-,24+/m1/s1. The van der Waals surface area contributed by atoms with Gasteiger partial charge in [-0.05, 0) is 41.4 Å². The number of carbonyl (C=O) groups is 1. The molecule has 1 aromatic carbocycles. The smallest absolute Gasteiger partial charge is 0.233 e. The first-order valence-electron chi connectivity index (χ1n) is 12.4. The van der Waals surface area contributed by atoms with Crippen LogP contribution in [0, 0.1) is 5.92 Å². The van der Waals surface area contributed by atoms with Crippen LogP contribution in [-0.4, -0.2) is 53.1 Å². The Kier molecular flexibility index (Phi) is 11.1. The average Bonchev–Trinajstić information content (AvgIpc) is 3.12. The van der Waals surface area contributed by atoms with Gasteiger partial charge in [0, 0.05) is 12.4 Å². The lowest BCUT2D eigenvalue weighted by Crippen LogP contribution is -2.48. The Hall–Kier alpha value is -0.733. The van der Waals surface area contributed by atoms with Gasteiger partial charge in [0.1, 0.15) is 4.32 Å². The lowest BCUT2D eigenvalue weighted by molar-refractivity contribution is -0.135. The number of amides is 1. The molecule has 1 aliphatic rings. The Bertz CT molecular complexity index is 750. The molecule has 1 saturated heterocycles. The number of thiocarbonyl (C=S) groups is 1. The Labute approximate surface area is 212 Å². The van der Waals surface area contributed by atoms with Gasteiger partial charge in [-0.2, -0.15) is 0 Å². The molecule has 0 saturated carbocycles. The molecule has 3 atom stereocenters. The van der Waals surface area contributed by atoms with Crippen LogP contribution in [0.2, 0.25) is 16.6 Å². The molecule has 0 aliphatic carbocycles. The van der Waals surface area contributed by atoms with E-state index in [1.807, 2.05) is 25.1 Å². The molecular formula is C26H43NO3S2Si. The van der Waals surface area contributed by atoms with Crippen molar-refractivity contribution < 1.29 is 14.3 Å². The highest BCUT2D eigenvalue weighted by atomic mass is 32.2. The van der Waals surface area contributed by atoms with Gasteiger partial charge in [-0.15, -0.1) is 0 Å². The van der Waals surface area contributed by atoms with Gasteiger partial charge < -0.3 is 9.53 Å². The molecule has 0 spiro atoms. The summed E-state index contributed by atoms with van der Waals surface area (Å²) in [6.45, 7) is 16.2. The van der Waals surface area contributed by atoms with Crippen molar-refractivity contribution in [3.05, 3.63) is 35.9 Å². The fourth-order valence-electron chi connectivity index (χ4n) is 5.44. The minimum absolute atomic E-state index is 0.0464. The third-order valence-electron chi connectivity index (χ3n) is 7.18. The van der Waals surface area contributed by atoms with Crippen molar-refractivity contribution in [1.82, 2.24) is 4.90 Å². The van der Waals surface area contributed by atoms with E-state index in [0.717, 1.165) is 18.6 Å². The Balaban J connectivity index is 1.93. The highest BCUT2D eigenvalue weighted by Gasteiger charge is 2.45. The Morgan fingerprint density at radius 1 is 1.12 bits per heavy atom. The van der Waals surface area contributed by atoms with Gasteiger partial charge >= 0.3 is 0 Å². The molecule has 4 nitrogen and oxygen atoms in total. The van der Waals surface area contributed by atoms with E-state index < -0.39 is 20.3 Å². The maximum atomic E-state index is 13.3. The quantitative estimate of drug-likeness (QED) is 0.200. The number of hydrogen-bond acceptors (Lipinski definition) is 5. The zero-order valence-electron chi connectivity index (χ0n) is 21.4. The van der Waals surface area contributed by atoms with Gasteiger partial charge in [0.15, 0.2) is 8.32 Å². The van der Waals surface area contributed by atoms with Crippen LogP contribution in [0.25, 0.3) is 0 Å². The molecule has 1 N–H and O–H groups in total. The first kappa shape index (κ1) is 28.5. The number of nitrogens with zero attached hydrogens (tertiary/aromatic N) is 1. The molecule has 33 heavy (non-hydrogen) atoms. The van der Waals surface area contributed by atoms with Crippen molar-refractivity contribution >= 4 is 42.5 Å². The van der Waals surface area contributed by atoms with E-state index in [4.69, 9.17) is 16.6 Å². The van der Waals surface area contributed by atoms with Crippen LogP contribution in [0.15, 0.2) is 30.3 Å². The number of thioether (sulfide) groups is 1. The second-order valence-corrected chi connectivity index (χ2v) is 17.4. The monoisotopic (exact) mass is 509 g/mol. The number of rotatable bonds is 12. The van der Waals surface area contributed by atoms with Gasteiger partial charge in [-0.3, -0.25) is 9.69 Å². The van der Waals surface area contributed by atoms with Crippen LogP contribution < -0.4 is 0 Å². The van der Waals surface area contributed by atoms with Crippen LogP contribution in [-0.2, 0) is 15.6 Å². The van der Waals surface area contributed by atoms with E-state index in [1.165, 1.54) is 5.56 Å². The summed E-state index contributed by atoms with van der Waals surface area (Å²) in [6, 6.07) is 10.3. The second kappa shape index (κ2) is 12.8. The highest BCUT2D eigenvalue weighted by Crippen LogP contribution is 2.42. The number of benzene rings is 1. The van der Waals surface area contributed by atoms with Crippen molar-refractivity contribution in [3.63, 3.8) is 0 Å². The molecule has 1 aromatic rings. The maximum absolute atomic E-state index is 13.3. The lowest BCUT2D eigenvalue weighted by Gasteiger charge is -2.42. The maximum Gasteiger partial charge on any atom is 0.233 e. The molecule has 0 aromatic heterocycles. The molecule has 1 aliphatic heterocycles. The summed E-state index contributed by atoms with van der Waals surface area (Å²) in [7, 11) is -1.90. The van der Waals surface area contributed by atoms with Crippen molar-refractivity contribution in [1.29, 1.82) is 0 Å². The number of carbonyl (C=O) groups excluding carboxylic acids is 1. The zero-order chi connectivity index (χ0) is 24.8. The molecule has 186 valence electrons. The Morgan fingerprint density at radius 3 is 2.24 bits per heavy atom. The summed E-state index contributed by atoms with van der Waals surface area (Å²) in [4.78, 5) is 15.1. The third-order valence-corrected chi connectivity index (χ3v) is 14.8. The van der Waals surface area contributed by atoms with Crippen LogP contribution in [0.5, 0.6) is 0 Å². The molecule has 2 rings (SSSR count). The minimum Gasteiger partial charge on any atom is -0.416 e. The van der Waals surface area contributed by atoms with Crippen molar-refractivity contribution in [2.24, 2.45) is 5.92 Å². The van der Waals surface area contributed by atoms with Crippen LogP contribution >= 0.6 is 24.0 Å². The topological polar surface area (TPSA) is 49.8 Å². The predicted molar refractivity (Wildman–Crippen MR) is 147 cm³/mol. The van der Waals surface area contributed by atoms with Crippen molar-refractivity contribution in [2.75, 3.05) is 12.4 Å². The fourth-order valence-corrected chi connectivity index (χ4v) is 12.4. The largest absolute Gasteiger partial charge is 0.416 e. The SMILES string of the molecule is CC(C)[Si](OCCC[C@H](O)[C@@H](C)C(=O)N1C(=S)SC[C@H]1Cc1ccccc1)(C(C)C)C(C)C. The zero-order valence-corrected chi connectivity index (χ0v) is 24.0. The van der Waals surface area contributed by atoms with E-state index >= 15 is 0 Å². The van der Waals surface area contributed by atoms with Gasteiger partial charge in [-0.25, -0.2) is 0 Å². The molecule has 0 bridgehead atoms. The number of hydrogen-bond donors (Lipinski definition) is 1. The molecule has 1 heterocycles. The summed E-state index contributed by atoms with van der Waals surface area (Å²) in [5.41, 5.74) is 2.82. The van der Waals surface area contributed by atoms with Crippen molar-refractivity contribution in [2.45, 2.75) is 96.5 Å². The first-order valence-corrected chi connectivity index (χ1v) is 15.9. The molecule has 7 heteroatoms. The summed E-state index contributed by atoms with van der Waals surface area (Å²) < 4.78 is 7.24. The summed E-state index contributed by atoms with van der Waals surface area (Å²) >= 11 is 7.07. The number of aliphatic hydroxyl groups is 1. The normalized spacial score (nSPS) is 19.1. The van der Waals surface area contributed by atoms with Crippen LogP contribution in [0.4, 0.5) is 0 Å². The van der Waals surface area contributed by atoms with Crippen LogP contribution in [0.1, 0.15) is 66.9 Å². The fraction of sp³-hybridized carbons (Fsp3) is 0.692. The molecular weight excluding hydrogens is 467 g/mol. The van der Waals surface area contributed by atoms with Crippen LogP contribution in [0.3, 0.4) is 0 Å². The van der Waals surface area contributed by atoms with E-state index in [-0.39, 0.29) is 11.9 Å². The highest BCUT2D eigenvalue weighted by molar-refractivity contribution is 8.23. The van der Waals surface area contributed by atoms with E-state index in [0.29, 0.717) is 34.0 Å². The molecule has 0 unspecified atom stereocenters. The summed E-state index contributed by atoms with van der Waals surface area (Å²) in [5, 5.41) is 10.8. The molecule has 0 radical (unpaired) electrons. The van der Waals surface area contributed by atoms with Gasteiger partial charge in [-0.1, -0.05) is 103 Å². The van der Waals surface area contributed by atoms with Gasteiger partial charge in [0.05, 0.1) is 18.1 Å². The molecule has 1 amide bonds. The lowest BCUT2D eigenvalue weighted by atomic mass is 9.97. The second-order valence-electron chi connectivity index (χ2n) is 10.3. The van der Waals surface area contributed by atoms with E-state index in [9.17, 15) is 9.90 Å². The summed E-state index contributed by atoms with van der Waals surface area (Å²) in [6.07, 6.45) is 1.40. The third kappa shape index (κ3) is 6.91. The number of aliphatic hydroxyl groups excluding tert-OH is 1. The summed E-state index contributed by atoms with van der Waals surface area (Å²) in [5.74, 6) is 0.263. The van der Waals surface area contributed by atoms with Gasteiger partial charge in [0.2, 0.25) is 5.91 Å². The first-order chi connectivity index (χ1) is 15.5. The predicted octanol–water partition coefficient (Wildman–Crippen LogP) is 6.43. The van der Waals surface area contributed by atoms with E-state index in [1.54, 1.807) is 16.7 Å². The average molecular weight is 510 g/mol. The Morgan fingerprint density at radius 2 is 1.70 bits per heavy atom. The van der Waals surface area contributed by atoms with E-state index in [2.05, 4.69) is 53.7 Å².